The highest BCUT2D eigenvalue weighted by Crippen LogP contribution is 2.18. The van der Waals surface area contributed by atoms with Gasteiger partial charge in [0.2, 0.25) is 5.91 Å². The van der Waals surface area contributed by atoms with E-state index in [1.165, 1.54) is 11.3 Å². The zero-order valence-electron chi connectivity index (χ0n) is 14.9. The molecule has 1 aliphatic rings. The molecule has 0 aliphatic carbocycles. The Kier molecular flexibility index (Phi) is 10.4. The number of piperidine rings is 1. The van der Waals surface area contributed by atoms with Gasteiger partial charge in [-0.25, -0.2) is 4.98 Å². The smallest absolute Gasteiger partial charge is 0.226 e. The Balaban J connectivity index is 0.00000182. The van der Waals surface area contributed by atoms with Crippen LogP contribution in [0.5, 0.6) is 5.75 Å². The fraction of sp³-hybridized carbons (Fsp3) is 0.444. The molecular formula is C18H24Cl3N3O2S. The summed E-state index contributed by atoms with van der Waals surface area (Å²) in [5.41, 5.74) is 0.791. The number of rotatable bonds is 6. The van der Waals surface area contributed by atoms with Crippen LogP contribution in [0.1, 0.15) is 24.0 Å². The fourth-order valence-electron chi connectivity index (χ4n) is 2.82. The van der Waals surface area contributed by atoms with Gasteiger partial charge < -0.3 is 15.4 Å². The summed E-state index contributed by atoms with van der Waals surface area (Å²) < 4.78 is 5.68. The number of thiazole rings is 1. The molecule has 2 unspecified atom stereocenters. The van der Waals surface area contributed by atoms with Gasteiger partial charge in [0, 0.05) is 16.4 Å². The number of carbonyl (C=O) groups is 1. The van der Waals surface area contributed by atoms with E-state index in [4.69, 9.17) is 16.3 Å². The van der Waals surface area contributed by atoms with E-state index >= 15 is 0 Å². The molecule has 2 N–H and O–H groups in total. The summed E-state index contributed by atoms with van der Waals surface area (Å²) in [6.07, 6.45) is 1.29. The minimum Gasteiger partial charge on any atom is -0.486 e. The second-order valence-electron chi connectivity index (χ2n) is 6.30. The summed E-state index contributed by atoms with van der Waals surface area (Å²) in [7, 11) is 0. The van der Waals surface area contributed by atoms with Crippen LogP contribution in [0.2, 0.25) is 5.02 Å². The zero-order valence-corrected chi connectivity index (χ0v) is 18.1. The lowest BCUT2D eigenvalue weighted by Gasteiger charge is -2.30. The molecule has 1 aromatic carbocycles. The summed E-state index contributed by atoms with van der Waals surface area (Å²) in [6.45, 7) is 4.46. The van der Waals surface area contributed by atoms with Gasteiger partial charge in [-0.05, 0) is 49.7 Å². The molecule has 1 aliphatic heterocycles. The van der Waals surface area contributed by atoms with Crippen LogP contribution in [0, 0.1) is 5.92 Å². The molecule has 1 saturated heterocycles. The number of nitrogens with one attached hydrogen (secondary N) is 2. The first-order valence-corrected chi connectivity index (χ1v) is 9.67. The largest absolute Gasteiger partial charge is 0.486 e. The van der Waals surface area contributed by atoms with E-state index in [0.717, 1.165) is 36.0 Å². The molecule has 1 fully saturated rings. The number of halogens is 3. The maximum Gasteiger partial charge on any atom is 0.226 e. The van der Waals surface area contributed by atoms with Gasteiger partial charge in [-0.15, -0.1) is 36.2 Å². The van der Waals surface area contributed by atoms with Crippen molar-refractivity contribution in [2.45, 2.75) is 32.4 Å². The number of hydrogen-bond acceptors (Lipinski definition) is 5. The van der Waals surface area contributed by atoms with E-state index in [9.17, 15) is 4.79 Å². The van der Waals surface area contributed by atoms with Gasteiger partial charge in [0.05, 0.1) is 12.1 Å². The summed E-state index contributed by atoms with van der Waals surface area (Å²) in [4.78, 5) is 16.7. The number of benzene rings is 1. The van der Waals surface area contributed by atoms with E-state index in [1.807, 2.05) is 17.5 Å². The third-order valence-corrected chi connectivity index (χ3v) is 5.37. The van der Waals surface area contributed by atoms with Gasteiger partial charge in [0.25, 0.3) is 0 Å². The molecule has 2 atom stereocenters. The van der Waals surface area contributed by atoms with Crippen LogP contribution in [0.25, 0.3) is 0 Å². The second kappa shape index (κ2) is 11.7. The number of amides is 1. The summed E-state index contributed by atoms with van der Waals surface area (Å²) in [5.74, 6) is 1.24. The molecule has 9 heteroatoms. The normalized spacial score (nSPS) is 18.7. The molecule has 2 heterocycles. The van der Waals surface area contributed by atoms with Crippen LogP contribution in [0.4, 0.5) is 0 Å². The van der Waals surface area contributed by atoms with Crippen LogP contribution >= 0.6 is 47.8 Å². The Labute approximate surface area is 181 Å². The Hall–Kier alpha value is -1.05. The number of carbonyl (C=O) groups excluding carboxylic acids is 1. The monoisotopic (exact) mass is 451 g/mol. The lowest BCUT2D eigenvalue weighted by atomic mass is 9.95. The van der Waals surface area contributed by atoms with E-state index < -0.39 is 0 Å². The first kappa shape index (κ1) is 24.0. The van der Waals surface area contributed by atoms with Crippen molar-refractivity contribution in [1.29, 1.82) is 0 Å². The highest BCUT2D eigenvalue weighted by molar-refractivity contribution is 7.09. The predicted molar refractivity (Wildman–Crippen MR) is 115 cm³/mol. The minimum atomic E-state index is 0. The third-order valence-electron chi connectivity index (χ3n) is 4.25. The fourth-order valence-corrected chi connectivity index (χ4v) is 3.65. The Morgan fingerprint density at radius 2 is 2.11 bits per heavy atom. The van der Waals surface area contributed by atoms with E-state index in [-0.39, 0.29) is 36.8 Å². The van der Waals surface area contributed by atoms with Gasteiger partial charge in [-0.3, -0.25) is 4.79 Å². The first-order chi connectivity index (χ1) is 12.1. The van der Waals surface area contributed by atoms with Crippen LogP contribution in [0.3, 0.4) is 0 Å². The Morgan fingerprint density at radius 3 is 2.81 bits per heavy atom. The van der Waals surface area contributed by atoms with Gasteiger partial charge in [0.15, 0.2) is 0 Å². The summed E-state index contributed by atoms with van der Waals surface area (Å²) in [5, 5.41) is 9.93. The summed E-state index contributed by atoms with van der Waals surface area (Å²) >= 11 is 7.36. The lowest BCUT2D eigenvalue weighted by molar-refractivity contribution is -0.121. The third kappa shape index (κ3) is 7.47. The van der Waals surface area contributed by atoms with Crippen LogP contribution < -0.4 is 15.4 Å². The van der Waals surface area contributed by atoms with Crippen LogP contribution in [0.15, 0.2) is 29.6 Å². The average molecular weight is 453 g/mol. The highest BCUT2D eigenvalue weighted by Gasteiger charge is 2.22. The molecule has 0 radical (unpaired) electrons. The van der Waals surface area contributed by atoms with E-state index in [2.05, 4.69) is 22.5 Å². The topological polar surface area (TPSA) is 63.2 Å². The molecule has 27 heavy (non-hydrogen) atoms. The molecule has 5 nitrogen and oxygen atoms in total. The lowest BCUT2D eigenvalue weighted by Crippen LogP contribution is -2.48. The Morgan fingerprint density at radius 1 is 1.37 bits per heavy atom. The number of aromatic nitrogens is 1. The molecular weight excluding hydrogens is 429 g/mol. The Bertz CT molecular complexity index is 712. The number of hydrogen-bond donors (Lipinski definition) is 2. The van der Waals surface area contributed by atoms with Gasteiger partial charge in [-0.2, -0.15) is 0 Å². The molecule has 150 valence electrons. The molecule has 2 aromatic rings. The highest BCUT2D eigenvalue weighted by atomic mass is 35.5. The molecule has 0 bridgehead atoms. The predicted octanol–water partition coefficient (Wildman–Crippen LogP) is 3.88. The van der Waals surface area contributed by atoms with Crippen molar-refractivity contribution in [3.63, 3.8) is 0 Å². The second-order valence-corrected chi connectivity index (χ2v) is 7.68. The first-order valence-electron chi connectivity index (χ1n) is 8.42. The van der Waals surface area contributed by atoms with Gasteiger partial charge >= 0.3 is 0 Å². The van der Waals surface area contributed by atoms with Crippen molar-refractivity contribution >= 4 is 53.7 Å². The van der Waals surface area contributed by atoms with Crippen molar-refractivity contribution in [3.8, 4) is 5.75 Å². The van der Waals surface area contributed by atoms with E-state index in [0.29, 0.717) is 24.0 Å². The van der Waals surface area contributed by atoms with Crippen LogP contribution in [-0.4, -0.2) is 30.0 Å². The molecule has 0 spiro atoms. The van der Waals surface area contributed by atoms with Crippen molar-refractivity contribution < 1.29 is 9.53 Å². The summed E-state index contributed by atoms with van der Waals surface area (Å²) in [6, 6.07) is 7.47. The molecule has 1 amide bonds. The quantitative estimate of drug-likeness (QED) is 0.698. The number of nitrogens with zero attached hydrogens (tertiary/aromatic N) is 1. The zero-order chi connectivity index (χ0) is 17.6. The average Bonchev–Trinajstić information content (AvgIpc) is 3.04. The van der Waals surface area contributed by atoms with Gasteiger partial charge in [0.1, 0.15) is 17.4 Å². The molecule has 3 rings (SSSR count). The van der Waals surface area contributed by atoms with Crippen LogP contribution in [-0.2, 0) is 17.8 Å². The van der Waals surface area contributed by atoms with Crippen molar-refractivity contribution in [2.24, 2.45) is 5.92 Å². The number of ether oxygens (including phenoxy) is 1. The van der Waals surface area contributed by atoms with Crippen molar-refractivity contribution in [1.82, 2.24) is 15.6 Å². The van der Waals surface area contributed by atoms with Crippen molar-refractivity contribution in [3.05, 3.63) is 45.4 Å². The minimum absolute atomic E-state index is 0. The maximum absolute atomic E-state index is 12.2. The van der Waals surface area contributed by atoms with E-state index in [1.54, 1.807) is 12.1 Å². The SMILES string of the molecule is CC1CNCCC1NC(=O)Cc1csc(COc2ccc(Cl)cc2)n1.Cl.Cl. The van der Waals surface area contributed by atoms with Gasteiger partial charge in [-0.1, -0.05) is 18.5 Å². The van der Waals surface area contributed by atoms with Crippen molar-refractivity contribution in [2.75, 3.05) is 13.1 Å². The standard InChI is InChI=1S/C18H22ClN3O2S.2ClH/c1-12-9-20-7-6-16(12)22-17(23)8-14-11-25-18(21-14)10-24-15-4-2-13(19)3-5-15;;/h2-5,11-12,16,20H,6-10H2,1H3,(H,22,23);2*1H. The molecule has 0 saturated carbocycles. The maximum atomic E-state index is 12.2. The molecule has 1 aromatic heterocycles.